The predicted octanol–water partition coefficient (Wildman–Crippen LogP) is 3.85. The van der Waals surface area contributed by atoms with Gasteiger partial charge in [-0.3, -0.25) is 4.98 Å². The molecule has 2 heteroatoms. The van der Waals surface area contributed by atoms with E-state index in [1.54, 1.807) is 0 Å². The topological polar surface area (TPSA) is 28.7 Å². The summed E-state index contributed by atoms with van der Waals surface area (Å²) < 4.78 is 0. The number of aryl methyl sites for hydroxylation is 2. The molecule has 0 amide bonds. The molecule has 2 aromatic heterocycles. The molecule has 1 N–H and O–H groups in total. The Kier molecular flexibility index (Phi) is 2.22. The number of aromatic amines is 1. The van der Waals surface area contributed by atoms with E-state index in [4.69, 9.17) is 0 Å². The van der Waals surface area contributed by atoms with Crippen molar-refractivity contribution in [3.05, 3.63) is 53.7 Å². The molecule has 0 bridgehead atoms. The number of benzene rings is 1. The van der Waals surface area contributed by atoms with E-state index in [-0.39, 0.29) is 0 Å². The maximum Gasteiger partial charge on any atom is 0.0867 e. The highest BCUT2D eigenvalue weighted by molar-refractivity contribution is 5.90. The molecule has 3 aromatic rings. The van der Waals surface area contributed by atoms with Gasteiger partial charge in [-0.15, -0.1) is 0 Å². The van der Waals surface area contributed by atoms with Crippen LogP contribution in [0, 0.1) is 13.8 Å². The lowest BCUT2D eigenvalue weighted by Gasteiger charge is -1.98. The van der Waals surface area contributed by atoms with Crippen LogP contribution >= 0.6 is 0 Å². The molecule has 2 heterocycles. The third-order valence-corrected chi connectivity index (χ3v) is 3.13. The van der Waals surface area contributed by atoms with Crippen molar-refractivity contribution in [3.63, 3.8) is 0 Å². The number of rotatable bonds is 1. The third-order valence-electron chi connectivity index (χ3n) is 3.13. The Labute approximate surface area is 100 Å². The van der Waals surface area contributed by atoms with Crippen LogP contribution in [-0.4, -0.2) is 9.97 Å². The molecule has 17 heavy (non-hydrogen) atoms. The molecule has 0 saturated carbocycles. The SMILES string of the molecule is Cc1ccc2[nH]c(-c3ccccn3)c(C)c2c1. The highest BCUT2D eigenvalue weighted by Crippen LogP contribution is 2.28. The monoisotopic (exact) mass is 222 g/mol. The lowest BCUT2D eigenvalue weighted by molar-refractivity contribution is 1.28. The van der Waals surface area contributed by atoms with E-state index in [0.29, 0.717) is 0 Å². The number of hydrogen-bond acceptors (Lipinski definition) is 1. The fourth-order valence-electron chi connectivity index (χ4n) is 2.21. The summed E-state index contributed by atoms with van der Waals surface area (Å²) in [6.07, 6.45) is 1.82. The highest BCUT2D eigenvalue weighted by atomic mass is 14.8. The van der Waals surface area contributed by atoms with Gasteiger partial charge in [-0.05, 0) is 43.7 Å². The Morgan fingerprint density at radius 1 is 1.06 bits per heavy atom. The third kappa shape index (κ3) is 1.62. The minimum absolute atomic E-state index is 0.999. The molecular weight excluding hydrogens is 208 g/mol. The van der Waals surface area contributed by atoms with Crippen molar-refractivity contribution in [3.8, 4) is 11.4 Å². The number of aromatic nitrogens is 2. The Bertz CT molecular complexity index is 666. The lowest BCUT2D eigenvalue weighted by atomic mass is 10.1. The summed E-state index contributed by atoms with van der Waals surface area (Å²) >= 11 is 0. The Morgan fingerprint density at radius 3 is 2.71 bits per heavy atom. The predicted molar refractivity (Wildman–Crippen MR) is 71.0 cm³/mol. The summed E-state index contributed by atoms with van der Waals surface area (Å²) in [4.78, 5) is 7.84. The summed E-state index contributed by atoms with van der Waals surface area (Å²) in [6, 6.07) is 12.5. The van der Waals surface area contributed by atoms with Gasteiger partial charge in [0.05, 0.1) is 11.4 Å². The Balaban J connectivity index is 2.28. The quantitative estimate of drug-likeness (QED) is 0.665. The molecule has 0 atom stereocenters. The number of pyridine rings is 1. The minimum Gasteiger partial charge on any atom is -0.353 e. The molecule has 1 aromatic carbocycles. The number of nitrogens with zero attached hydrogens (tertiary/aromatic N) is 1. The number of H-pyrrole nitrogens is 1. The largest absolute Gasteiger partial charge is 0.353 e. The average molecular weight is 222 g/mol. The first-order valence-electron chi connectivity index (χ1n) is 5.76. The molecule has 0 aliphatic carbocycles. The van der Waals surface area contributed by atoms with Crippen molar-refractivity contribution in [1.82, 2.24) is 9.97 Å². The first kappa shape index (κ1) is 10.1. The highest BCUT2D eigenvalue weighted by Gasteiger charge is 2.09. The zero-order valence-corrected chi connectivity index (χ0v) is 9.99. The van der Waals surface area contributed by atoms with E-state index in [1.165, 1.54) is 22.0 Å². The first-order chi connectivity index (χ1) is 8.25. The van der Waals surface area contributed by atoms with Gasteiger partial charge in [0.2, 0.25) is 0 Å². The van der Waals surface area contributed by atoms with Gasteiger partial charge in [0.25, 0.3) is 0 Å². The van der Waals surface area contributed by atoms with E-state index >= 15 is 0 Å². The van der Waals surface area contributed by atoms with Crippen molar-refractivity contribution in [1.29, 1.82) is 0 Å². The summed E-state index contributed by atoms with van der Waals surface area (Å²) in [6.45, 7) is 4.26. The second-order valence-electron chi connectivity index (χ2n) is 4.39. The van der Waals surface area contributed by atoms with E-state index < -0.39 is 0 Å². The van der Waals surface area contributed by atoms with Crippen LogP contribution in [0.3, 0.4) is 0 Å². The summed E-state index contributed by atoms with van der Waals surface area (Å²) in [5.74, 6) is 0. The van der Waals surface area contributed by atoms with Crippen molar-refractivity contribution < 1.29 is 0 Å². The van der Waals surface area contributed by atoms with Crippen molar-refractivity contribution >= 4 is 10.9 Å². The van der Waals surface area contributed by atoms with Crippen LogP contribution in [0.1, 0.15) is 11.1 Å². The second kappa shape index (κ2) is 3.74. The number of hydrogen-bond donors (Lipinski definition) is 1. The normalized spacial score (nSPS) is 10.9. The minimum atomic E-state index is 0.999. The fourth-order valence-corrected chi connectivity index (χ4v) is 2.21. The average Bonchev–Trinajstić information content (AvgIpc) is 2.68. The molecule has 0 aliphatic rings. The lowest BCUT2D eigenvalue weighted by Crippen LogP contribution is -1.83. The van der Waals surface area contributed by atoms with Crippen molar-refractivity contribution in [2.45, 2.75) is 13.8 Å². The van der Waals surface area contributed by atoms with Gasteiger partial charge in [0.1, 0.15) is 0 Å². The Morgan fingerprint density at radius 2 is 1.94 bits per heavy atom. The molecule has 0 aliphatic heterocycles. The first-order valence-corrected chi connectivity index (χ1v) is 5.76. The van der Waals surface area contributed by atoms with Crippen LogP contribution in [0.2, 0.25) is 0 Å². The van der Waals surface area contributed by atoms with Gasteiger partial charge in [0.15, 0.2) is 0 Å². The van der Waals surface area contributed by atoms with Crippen LogP contribution in [-0.2, 0) is 0 Å². The van der Waals surface area contributed by atoms with E-state index in [2.05, 4.69) is 42.0 Å². The van der Waals surface area contributed by atoms with E-state index in [0.717, 1.165) is 11.4 Å². The summed E-state index contributed by atoms with van der Waals surface area (Å²) in [5.41, 5.74) is 5.84. The molecule has 0 spiro atoms. The molecule has 2 nitrogen and oxygen atoms in total. The zero-order valence-electron chi connectivity index (χ0n) is 9.99. The zero-order chi connectivity index (χ0) is 11.8. The molecule has 84 valence electrons. The second-order valence-corrected chi connectivity index (χ2v) is 4.39. The van der Waals surface area contributed by atoms with E-state index in [9.17, 15) is 0 Å². The van der Waals surface area contributed by atoms with Crippen molar-refractivity contribution in [2.24, 2.45) is 0 Å². The number of nitrogens with one attached hydrogen (secondary N) is 1. The molecule has 0 radical (unpaired) electrons. The van der Waals surface area contributed by atoms with Crippen LogP contribution in [0.25, 0.3) is 22.3 Å². The molecule has 3 rings (SSSR count). The number of fused-ring (bicyclic) bond motifs is 1. The molecule has 0 saturated heterocycles. The molecule has 0 fully saturated rings. The van der Waals surface area contributed by atoms with Crippen molar-refractivity contribution in [2.75, 3.05) is 0 Å². The van der Waals surface area contributed by atoms with Gasteiger partial charge in [0, 0.05) is 17.1 Å². The van der Waals surface area contributed by atoms with E-state index in [1.807, 2.05) is 24.4 Å². The Hall–Kier alpha value is -2.09. The van der Waals surface area contributed by atoms with Gasteiger partial charge in [-0.2, -0.15) is 0 Å². The van der Waals surface area contributed by atoms with Crippen LogP contribution in [0.5, 0.6) is 0 Å². The van der Waals surface area contributed by atoms with Gasteiger partial charge in [-0.25, -0.2) is 0 Å². The smallest absolute Gasteiger partial charge is 0.0867 e. The van der Waals surface area contributed by atoms with Crippen LogP contribution in [0.15, 0.2) is 42.6 Å². The van der Waals surface area contributed by atoms with Crippen LogP contribution in [0.4, 0.5) is 0 Å². The van der Waals surface area contributed by atoms with Gasteiger partial charge >= 0.3 is 0 Å². The summed E-state index contributed by atoms with van der Waals surface area (Å²) in [5, 5.41) is 1.28. The maximum atomic E-state index is 4.40. The van der Waals surface area contributed by atoms with Crippen LogP contribution < -0.4 is 0 Å². The van der Waals surface area contributed by atoms with Gasteiger partial charge in [-0.1, -0.05) is 17.7 Å². The summed E-state index contributed by atoms with van der Waals surface area (Å²) in [7, 11) is 0. The standard InChI is InChI=1S/C15H14N2/c1-10-6-7-13-12(9-10)11(2)15(17-13)14-5-3-4-8-16-14/h3-9,17H,1-2H3. The maximum absolute atomic E-state index is 4.40. The van der Waals surface area contributed by atoms with Gasteiger partial charge < -0.3 is 4.98 Å². The molecule has 0 unspecified atom stereocenters. The molecular formula is C15H14N2. The fraction of sp³-hybridized carbons (Fsp3) is 0.133.